The van der Waals surface area contributed by atoms with E-state index in [2.05, 4.69) is 40.7 Å². The third-order valence-electron chi connectivity index (χ3n) is 0.167. The zero-order valence-corrected chi connectivity index (χ0v) is 9.62. The monoisotopic (exact) mass is 315 g/mol. The Balaban J connectivity index is 0. The number of halogens is 2. The molecular weight excluding hydrogens is 312 g/mol. The predicted octanol–water partition coefficient (Wildman–Crippen LogP) is 3.32. The molecule has 0 aromatic carbocycles. The van der Waals surface area contributed by atoms with Crippen molar-refractivity contribution < 1.29 is 11.3 Å². The summed E-state index contributed by atoms with van der Waals surface area (Å²) in [5, 5.41) is 0. The van der Waals surface area contributed by atoms with Gasteiger partial charge in [0.1, 0.15) is 0 Å². The molecule has 0 saturated carbocycles. The molecule has 7 heavy (non-hydrogen) atoms. The fourth-order valence-corrected chi connectivity index (χ4v) is 0. The van der Waals surface area contributed by atoms with Crippen molar-refractivity contribution in [1.82, 2.24) is 0 Å². The van der Waals surface area contributed by atoms with E-state index in [0.717, 1.165) is 0 Å². The summed E-state index contributed by atoms with van der Waals surface area (Å²) in [5.41, 5.74) is 0. The van der Waals surface area contributed by atoms with Crippen LogP contribution < -0.4 is 0 Å². The second-order valence-electron chi connectivity index (χ2n) is 0.376. The van der Waals surface area contributed by atoms with Gasteiger partial charge in [-0.2, -0.15) is 0 Å². The molecule has 0 rings (SSSR count). The first-order valence-electron chi connectivity index (χ1n) is 1.21. The Labute approximate surface area is 72.9 Å². The molecule has 0 radical (unpaired) electrons. The van der Waals surface area contributed by atoms with Gasteiger partial charge in [-0.1, -0.05) is 21.6 Å². The molecule has 0 aliphatic carbocycles. The normalized spacial score (nSPS) is 7.43. The number of hydrogen-bond acceptors (Lipinski definition) is 2. The molecule has 0 unspecified atom stereocenters. The van der Waals surface area contributed by atoms with Crippen LogP contribution in [-0.4, -0.2) is 12.5 Å². The van der Waals surface area contributed by atoms with Crippen molar-refractivity contribution in [2.24, 2.45) is 0 Å². The van der Waals surface area contributed by atoms with Crippen LogP contribution in [0.2, 0.25) is 0 Å². The summed E-state index contributed by atoms with van der Waals surface area (Å²) in [5.74, 6) is 0. The zero-order chi connectivity index (χ0) is 6.12. The fraction of sp³-hybridized carbons (Fsp3) is 1.00. The molecule has 0 spiro atoms. The second-order valence-corrected chi connectivity index (χ2v) is 7.80. The zero-order valence-electron chi connectivity index (χ0n) is 3.87. The van der Waals surface area contributed by atoms with Gasteiger partial charge in [-0.15, -0.1) is 0 Å². The Hall–Kier alpha value is 2.18. The summed E-state index contributed by atoms with van der Waals surface area (Å²) >= 11 is 7.38. The maximum absolute atomic E-state index is 2.97. The Morgan fingerprint density at radius 3 is 1.29 bits per heavy atom. The molecule has 51 valence electrons. The van der Waals surface area contributed by atoms with Crippen LogP contribution in [0, 0.1) is 0 Å². The van der Waals surface area contributed by atoms with Gasteiger partial charge < -0.3 is 0 Å². The average Bonchev–Trinajstić information content (AvgIpc) is 1.69. The van der Waals surface area contributed by atoms with E-state index in [0.29, 0.717) is 0 Å². The van der Waals surface area contributed by atoms with Crippen LogP contribution in [0.25, 0.3) is 0 Å². The van der Waals surface area contributed by atoms with Crippen LogP contribution in [0.15, 0.2) is 0 Å². The molecule has 0 fully saturated rings. The van der Waals surface area contributed by atoms with E-state index >= 15 is 0 Å². The van der Waals surface area contributed by atoms with E-state index in [9.17, 15) is 0 Å². The summed E-state index contributed by atoms with van der Waals surface area (Å²) < 4.78 is 0. The van der Waals surface area contributed by atoms with Gasteiger partial charge in [0, 0.05) is 0 Å². The molecule has 0 amide bonds. The first kappa shape index (κ1) is 11.9. The molecule has 0 N–H and O–H groups in total. The topological polar surface area (TPSA) is 0 Å². The van der Waals surface area contributed by atoms with E-state index in [1.807, 2.05) is 0 Å². The minimum absolute atomic E-state index is 1.44. The Morgan fingerprint density at radius 2 is 1.29 bits per heavy atom. The van der Waals surface area contributed by atoms with E-state index in [4.69, 9.17) is 0 Å². The van der Waals surface area contributed by atoms with Crippen LogP contribution >= 0.6 is 49.8 Å². The molecule has 0 aliphatic rings. The van der Waals surface area contributed by atoms with E-state index in [1.165, 1.54) is 11.3 Å². The summed E-state index contributed by atoms with van der Waals surface area (Å²) in [6.45, 7) is 0. The van der Waals surface area contributed by atoms with Crippen LogP contribution in [0.5, 0.6) is 0 Å². The summed E-state index contributed by atoms with van der Waals surface area (Å²) in [6.07, 6.45) is 4.12. The standard InChI is InChI=1S/C2H6S2.2BrH.Cu/c1-3-4-2;;;/h1-2H3;2*1H;/q;;;+2/p-2. The van der Waals surface area contributed by atoms with Gasteiger partial charge in [0.25, 0.3) is 0 Å². The van der Waals surface area contributed by atoms with Gasteiger partial charge in [0.05, 0.1) is 0 Å². The van der Waals surface area contributed by atoms with Gasteiger partial charge in [0.15, 0.2) is 0 Å². The van der Waals surface area contributed by atoms with Crippen LogP contribution in [0.3, 0.4) is 0 Å². The van der Waals surface area contributed by atoms with Crippen molar-refractivity contribution in [2.45, 2.75) is 0 Å². The quantitative estimate of drug-likeness (QED) is 0.537. The fourth-order valence-electron chi connectivity index (χ4n) is 0. The third kappa shape index (κ3) is 30.9. The first-order valence-corrected chi connectivity index (χ1v) is 8.83. The van der Waals surface area contributed by atoms with E-state index < -0.39 is 0 Å². The van der Waals surface area contributed by atoms with Gasteiger partial charge in [-0.05, 0) is 12.5 Å². The Bertz CT molecular complexity index is 21.2. The average molecular weight is 318 g/mol. The van der Waals surface area contributed by atoms with Crippen LogP contribution in [-0.2, 0) is 11.3 Å². The first-order chi connectivity index (χ1) is 3.33. The van der Waals surface area contributed by atoms with Gasteiger partial charge in [-0.25, -0.2) is 0 Å². The maximum atomic E-state index is 2.97. The molecule has 0 nitrogen and oxygen atoms in total. The Morgan fingerprint density at radius 1 is 1.14 bits per heavy atom. The molecule has 0 heterocycles. The van der Waals surface area contributed by atoms with E-state index in [1.54, 1.807) is 21.6 Å². The summed E-state index contributed by atoms with van der Waals surface area (Å²) in [4.78, 5) is 0. The molecule has 0 saturated heterocycles. The molecule has 0 aromatic rings. The van der Waals surface area contributed by atoms with Crippen molar-refractivity contribution in [3.05, 3.63) is 0 Å². The predicted molar refractivity (Wildman–Crippen MR) is 44.9 cm³/mol. The molecular formula is C2H6Br2CuS2. The second kappa shape index (κ2) is 15.7. The molecule has 0 bridgehead atoms. The van der Waals surface area contributed by atoms with Crippen molar-refractivity contribution >= 4 is 49.8 Å². The summed E-state index contributed by atoms with van der Waals surface area (Å²) in [7, 11) is 3.55. The van der Waals surface area contributed by atoms with Crippen molar-refractivity contribution in [1.29, 1.82) is 0 Å². The number of hydrogen-bond donors (Lipinski definition) is 0. The van der Waals surface area contributed by atoms with Crippen LogP contribution in [0.1, 0.15) is 0 Å². The van der Waals surface area contributed by atoms with Crippen molar-refractivity contribution in [3.8, 4) is 0 Å². The number of rotatable bonds is 1. The summed E-state index contributed by atoms with van der Waals surface area (Å²) in [6, 6.07) is 0. The van der Waals surface area contributed by atoms with Gasteiger partial charge in [0.2, 0.25) is 0 Å². The van der Waals surface area contributed by atoms with E-state index in [-0.39, 0.29) is 0 Å². The molecule has 0 aliphatic heterocycles. The Kier molecular flexibility index (Phi) is 26.8. The molecule has 5 heteroatoms. The molecule has 0 aromatic heterocycles. The third-order valence-corrected chi connectivity index (χ3v) is 1.50. The SMILES string of the molecule is CSSC.[Br][Cu][Br]. The van der Waals surface area contributed by atoms with Gasteiger partial charge in [-0.3, -0.25) is 0 Å². The molecule has 0 atom stereocenters. The van der Waals surface area contributed by atoms with Crippen molar-refractivity contribution in [3.63, 3.8) is 0 Å². The van der Waals surface area contributed by atoms with Crippen LogP contribution in [0.4, 0.5) is 0 Å². The van der Waals surface area contributed by atoms with Crippen molar-refractivity contribution in [2.75, 3.05) is 12.5 Å². The van der Waals surface area contributed by atoms with Gasteiger partial charge >= 0.3 is 39.6 Å². The minimum atomic E-state index is 1.44.